The zero-order chi connectivity index (χ0) is 14.5. The SMILES string of the molecule is CN(Cc1cn[nH]c1)C(=O)COc1ccc(F)cc1Br. The molecule has 106 valence electrons. The van der Waals surface area contributed by atoms with Gasteiger partial charge < -0.3 is 9.64 Å². The molecule has 20 heavy (non-hydrogen) atoms. The van der Waals surface area contributed by atoms with Gasteiger partial charge in [-0.25, -0.2) is 4.39 Å². The van der Waals surface area contributed by atoms with Crippen LogP contribution in [0.1, 0.15) is 5.56 Å². The first kappa shape index (κ1) is 14.5. The van der Waals surface area contributed by atoms with Crippen LogP contribution in [0.15, 0.2) is 35.1 Å². The molecule has 0 radical (unpaired) electrons. The minimum atomic E-state index is -0.368. The molecule has 0 spiro atoms. The van der Waals surface area contributed by atoms with Crippen molar-refractivity contribution in [2.75, 3.05) is 13.7 Å². The summed E-state index contributed by atoms with van der Waals surface area (Å²) in [6.45, 7) is 0.335. The van der Waals surface area contributed by atoms with E-state index in [9.17, 15) is 9.18 Å². The summed E-state index contributed by atoms with van der Waals surface area (Å²) in [7, 11) is 1.68. The van der Waals surface area contributed by atoms with Gasteiger partial charge in [-0.05, 0) is 34.1 Å². The van der Waals surface area contributed by atoms with E-state index in [2.05, 4.69) is 26.1 Å². The van der Waals surface area contributed by atoms with E-state index in [1.165, 1.54) is 23.1 Å². The second kappa shape index (κ2) is 6.51. The first-order valence-electron chi connectivity index (χ1n) is 5.85. The van der Waals surface area contributed by atoms with Crippen LogP contribution in [0.25, 0.3) is 0 Å². The highest BCUT2D eigenvalue weighted by Crippen LogP contribution is 2.25. The summed E-state index contributed by atoms with van der Waals surface area (Å²) in [4.78, 5) is 13.4. The van der Waals surface area contributed by atoms with Gasteiger partial charge in [-0.15, -0.1) is 0 Å². The lowest BCUT2D eigenvalue weighted by Gasteiger charge is -2.16. The van der Waals surface area contributed by atoms with E-state index >= 15 is 0 Å². The summed E-state index contributed by atoms with van der Waals surface area (Å²) in [6.07, 6.45) is 3.38. The predicted octanol–water partition coefficient (Wildman–Crippen LogP) is 2.35. The fourth-order valence-electron chi connectivity index (χ4n) is 1.57. The maximum atomic E-state index is 12.9. The largest absolute Gasteiger partial charge is 0.483 e. The highest BCUT2D eigenvalue weighted by Gasteiger charge is 2.12. The molecule has 0 saturated carbocycles. The smallest absolute Gasteiger partial charge is 0.260 e. The first-order valence-corrected chi connectivity index (χ1v) is 6.65. The normalized spacial score (nSPS) is 10.3. The number of aromatic amines is 1. The van der Waals surface area contributed by atoms with Crippen molar-refractivity contribution in [2.24, 2.45) is 0 Å². The zero-order valence-corrected chi connectivity index (χ0v) is 12.4. The number of amides is 1. The molecule has 1 aromatic heterocycles. The third-order valence-electron chi connectivity index (χ3n) is 2.65. The van der Waals surface area contributed by atoms with Crippen LogP contribution in [0, 0.1) is 5.82 Å². The number of hydrogen-bond donors (Lipinski definition) is 1. The first-order chi connectivity index (χ1) is 9.56. The molecule has 1 amide bonds. The number of ether oxygens (including phenoxy) is 1. The van der Waals surface area contributed by atoms with Crippen molar-refractivity contribution in [2.45, 2.75) is 6.54 Å². The van der Waals surface area contributed by atoms with Gasteiger partial charge in [0.05, 0.1) is 10.7 Å². The van der Waals surface area contributed by atoms with Crippen LogP contribution >= 0.6 is 15.9 Å². The molecule has 0 fully saturated rings. The second-order valence-electron chi connectivity index (χ2n) is 4.22. The van der Waals surface area contributed by atoms with E-state index in [-0.39, 0.29) is 18.3 Å². The van der Waals surface area contributed by atoms with Crippen molar-refractivity contribution >= 4 is 21.8 Å². The van der Waals surface area contributed by atoms with Crippen LogP contribution in [-0.4, -0.2) is 34.7 Å². The standard InChI is InChI=1S/C13H13BrFN3O2/c1-18(7-9-5-16-17-6-9)13(19)8-20-12-3-2-10(15)4-11(12)14/h2-6H,7-8H2,1H3,(H,16,17). The number of nitrogens with zero attached hydrogens (tertiary/aromatic N) is 2. The van der Waals surface area contributed by atoms with Crippen molar-refractivity contribution in [1.82, 2.24) is 15.1 Å². The number of halogens is 2. The minimum Gasteiger partial charge on any atom is -0.483 e. The van der Waals surface area contributed by atoms with Gasteiger partial charge in [-0.3, -0.25) is 9.89 Å². The Kier molecular flexibility index (Phi) is 4.73. The lowest BCUT2D eigenvalue weighted by atomic mass is 10.3. The van der Waals surface area contributed by atoms with Crippen molar-refractivity contribution in [1.29, 1.82) is 0 Å². The van der Waals surface area contributed by atoms with Crippen LogP contribution in [0.3, 0.4) is 0 Å². The monoisotopic (exact) mass is 341 g/mol. The third-order valence-corrected chi connectivity index (χ3v) is 3.27. The number of likely N-dealkylation sites (N-methyl/N-ethyl adjacent to an activating group) is 1. The maximum absolute atomic E-state index is 12.9. The molecule has 1 N–H and O–H groups in total. The van der Waals surface area contributed by atoms with E-state index in [0.717, 1.165) is 5.56 Å². The van der Waals surface area contributed by atoms with Crippen molar-refractivity contribution in [3.05, 3.63) is 46.4 Å². The molecule has 2 rings (SSSR count). The Morgan fingerprint density at radius 2 is 2.35 bits per heavy atom. The average molecular weight is 342 g/mol. The molecular weight excluding hydrogens is 329 g/mol. The van der Waals surface area contributed by atoms with Crippen LogP contribution in [0.4, 0.5) is 4.39 Å². The van der Waals surface area contributed by atoms with Gasteiger partial charge in [0, 0.05) is 25.4 Å². The van der Waals surface area contributed by atoms with Crippen LogP contribution in [0.5, 0.6) is 5.75 Å². The molecule has 0 unspecified atom stereocenters. The van der Waals surface area contributed by atoms with E-state index in [0.29, 0.717) is 16.8 Å². The molecule has 1 aromatic carbocycles. The molecule has 0 atom stereocenters. The number of H-pyrrole nitrogens is 1. The van der Waals surface area contributed by atoms with E-state index in [1.807, 2.05) is 0 Å². The number of hydrogen-bond acceptors (Lipinski definition) is 3. The van der Waals surface area contributed by atoms with Gasteiger partial charge in [-0.1, -0.05) is 0 Å². The highest BCUT2D eigenvalue weighted by molar-refractivity contribution is 9.10. The Hall–Kier alpha value is -1.89. The van der Waals surface area contributed by atoms with Crippen LogP contribution in [-0.2, 0) is 11.3 Å². The minimum absolute atomic E-state index is 0.113. The van der Waals surface area contributed by atoms with Gasteiger partial charge in [0.1, 0.15) is 11.6 Å². The lowest BCUT2D eigenvalue weighted by molar-refractivity contribution is -0.132. The summed E-state index contributed by atoms with van der Waals surface area (Å²) < 4.78 is 18.8. The summed E-state index contributed by atoms with van der Waals surface area (Å²) in [6, 6.07) is 4.04. The van der Waals surface area contributed by atoms with Gasteiger partial charge in [0.2, 0.25) is 0 Å². The quantitative estimate of drug-likeness (QED) is 0.908. The van der Waals surface area contributed by atoms with Gasteiger partial charge in [0.25, 0.3) is 5.91 Å². The summed E-state index contributed by atoms with van der Waals surface area (Å²) in [5.41, 5.74) is 0.906. The fourth-order valence-corrected chi connectivity index (χ4v) is 2.03. The highest BCUT2D eigenvalue weighted by atomic mass is 79.9. The number of benzene rings is 1. The number of carbonyl (C=O) groups excluding carboxylic acids is 1. The Morgan fingerprint density at radius 3 is 3.00 bits per heavy atom. The van der Waals surface area contributed by atoms with Crippen molar-refractivity contribution in [3.8, 4) is 5.75 Å². The molecule has 7 heteroatoms. The maximum Gasteiger partial charge on any atom is 0.260 e. The fraction of sp³-hybridized carbons (Fsp3) is 0.231. The molecule has 0 aliphatic carbocycles. The van der Waals surface area contributed by atoms with Crippen molar-refractivity contribution in [3.63, 3.8) is 0 Å². The number of nitrogens with one attached hydrogen (secondary N) is 1. The van der Waals surface area contributed by atoms with Gasteiger partial charge >= 0.3 is 0 Å². The number of carbonyl (C=O) groups is 1. The Balaban J connectivity index is 1.88. The second-order valence-corrected chi connectivity index (χ2v) is 5.07. The van der Waals surface area contributed by atoms with Crippen LogP contribution in [0.2, 0.25) is 0 Å². The topological polar surface area (TPSA) is 58.2 Å². The van der Waals surface area contributed by atoms with E-state index in [4.69, 9.17) is 4.74 Å². The molecule has 2 aromatic rings. The molecule has 0 aliphatic rings. The molecule has 1 heterocycles. The molecule has 0 saturated heterocycles. The zero-order valence-electron chi connectivity index (χ0n) is 10.8. The Morgan fingerprint density at radius 1 is 1.55 bits per heavy atom. The van der Waals surface area contributed by atoms with E-state index in [1.54, 1.807) is 19.4 Å². The molecule has 0 bridgehead atoms. The molecule has 0 aliphatic heterocycles. The third kappa shape index (κ3) is 3.80. The Bertz CT molecular complexity index is 589. The molecule has 5 nitrogen and oxygen atoms in total. The predicted molar refractivity (Wildman–Crippen MR) is 74.7 cm³/mol. The van der Waals surface area contributed by atoms with E-state index < -0.39 is 0 Å². The average Bonchev–Trinajstić information content (AvgIpc) is 2.90. The summed E-state index contributed by atoms with van der Waals surface area (Å²) in [5.74, 6) is -0.119. The molecular formula is C13H13BrFN3O2. The van der Waals surface area contributed by atoms with Crippen LogP contribution < -0.4 is 4.74 Å². The lowest BCUT2D eigenvalue weighted by Crippen LogP contribution is -2.30. The summed E-state index contributed by atoms with van der Waals surface area (Å²) >= 11 is 3.18. The van der Waals surface area contributed by atoms with Gasteiger partial charge in [-0.2, -0.15) is 5.10 Å². The number of rotatable bonds is 5. The Labute approximate surface area is 123 Å². The van der Waals surface area contributed by atoms with Crippen molar-refractivity contribution < 1.29 is 13.9 Å². The van der Waals surface area contributed by atoms with Gasteiger partial charge in [0.15, 0.2) is 6.61 Å². The number of aromatic nitrogens is 2. The summed E-state index contributed by atoms with van der Waals surface area (Å²) in [5, 5.41) is 6.50.